The maximum absolute atomic E-state index is 10.3. The van der Waals surface area contributed by atoms with Crippen LogP contribution in [0.3, 0.4) is 0 Å². The van der Waals surface area contributed by atoms with Gasteiger partial charge in [-0.3, -0.25) is 0 Å². The monoisotopic (exact) mass is 275 g/mol. The molecule has 0 aliphatic carbocycles. The Morgan fingerprint density at radius 3 is 3.15 bits per heavy atom. The molecule has 20 heavy (non-hydrogen) atoms. The summed E-state index contributed by atoms with van der Waals surface area (Å²) in [7, 11) is 1.63. The molecular formula is C14H17N3O3. The molecule has 2 aromatic rings. The van der Waals surface area contributed by atoms with Crippen LogP contribution < -0.4 is 10.1 Å². The first-order valence-electron chi connectivity index (χ1n) is 6.59. The van der Waals surface area contributed by atoms with Gasteiger partial charge in [-0.05, 0) is 30.7 Å². The van der Waals surface area contributed by atoms with Crippen molar-refractivity contribution in [1.82, 2.24) is 15.5 Å². The second-order valence-corrected chi connectivity index (χ2v) is 5.00. The van der Waals surface area contributed by atoms with Gasteiger partial charge in [0, 0.05) is 13.0 Å². The van der Waals surface area contributed by atoms with Crippen LogP contribution in [-0.4, -0.2) is 35.4 Å². The molecule has 6 nitrogen and oxygen atoms in total. The van der Waals surface area contributed by atoms with E-state index in [0.29, 0.717) is 31.1 Å². The van der Waals surface area contributed by atoms with Crippen LogP contribution in [0.15, 0.2) is 28.8 Å². The number of hydrogen-bond acceptors (Lipinski definition) is 6. The Kier molecular flexibility index (Phi) is 3.42. The standard InChI is InChI=1S/C14H17N3O3/c1-19-11-4-2-3-10(7-11)8-12-16-13(20-17-12)14(18)5-6-15-9-14/h2-4,7,15,18H,5-6,8-9H2,1H3. The molecule has 1 aliphatic heterocycles. The van der Waals surface area contributed by atoms with Gasteiger partial charge in [-0.1, -0.05) is 17.3 Å². The van der Waals surface area contributed by atoms with Crippen molar-refractivity contribution in [2.75, 3.05) is 20.2 Å². The minimum Gasteiger partial charge on any atom is -0.497 e. The smallest absolute Gasteiger partial charge is 0.259 e. The molecule has 1 aliphatic rings. The molecule has 6 heteroatoms. The summed E-state index contributed by atoms with van der Waals surface area (Å²) in [5.74, 6) is 1.65. The lowest BCUT2D eigenvalue weighted by Gasteiger charge is -2.14. The molecule has 0 radical (unpaired) electrons. The fraction of sp³-hybridized carbons (Fsp3) is 0.429. The van der Waals surface area contributed by atoms with Gasteiger partial charge in [0.15, 0.2) is 11.4 Å². The molecule has 0 spiro atoms. The minimum absolute atomic E-state index is 0.292. The van der Waals surface area contributed by atoms with Gasteiger partial charge in [-0.15, -0.1) is 0 Å². The van der Waals surface area contributed by atoms with Crippen LogP contribution in [-0.2, 0) is 12.0 Å². The van der Waals surface area contributed by atoms with Crippen LogP contribution in [0.2, 0.25) is 0 Å². The number of aromatic nitrogens is 2. The molecule has 1 aromatic heterocycles. The Morgan fingerprint density at radius 1 is 1.50 bits per heavy atom. The summed E-state index contributed by atoms with van der Waals surface area (Å²) in [6, 6.07) is 7.72. The van der Waals surface area contributed by atoms with Crippen molar-refractivity contribution in [3.05, 3.63) is 41.5 Å². The van der Waals surface area contributed by atoms with E-state index >= 15 is 0 Å². The van der Waals surface area contributed by atoms with Crippen molar-refractivity contribution >= 4 is 0 Å². The second kappa shape index (κ2) is 5.22. The summed E-state index contributed by atoms with van der Waals surface area (Å²) in [5, 5.41) is 17.4. The van der Waals surface area contributed by atoms with Crippen LogP contribution in [0.5, 0.6) is 5.75 Å². The Labute approximate surface area is 116 Å². The first kappa shape index (κ1) is 13.1. The molecule has 2 heterocycles. The topological polar surface area (TPSA) is 80.4 Å². The number of methoxy groups -OCH3 is 1. The van der Waals surface area contributed by atoms with Gasteiger partial charge >= 0.3 is 0 Å². The Bertz CT molecular complexity index is 591. The number of hydrogen-bond donors (Lipinski definition) is 2. The molecular weight excluding hydrogens is 258 g/mol. The highest BCUT2D eigenvalue weighted by molar-refractivity contribution is 5.30. The van der Waals surface area contributed by atoms with Gasteiger partial charge in [-0.25, -0.2) is 0 Å². The van der Waals surface area contributed by atoms with Gasteiger partial charge in [0.05, 0.1) is 7.11 Å². The maximum atomic E-state index is 10.3. The average Bonchev–Trinajstić information content (AvgIpc) is 3.09. The number of ether oxygens (including phenoxy) is 1. The van der Waals surface area contributed by atoms with Gasteiger partial charge in [0.1, 0.15) is 5.75 Å². The van der Waals surface area contributed by atoms with E-state index in [2.05, 4.69) is 15.5 Å². The molecule has 0 saturated carbocycles. The predicted octanol–water partition coefficient (Wildman–Crippen LogP) is 0.850. The second-order valence-electron chi connectivity index (χ2n) is 5.00. The summed E-state index contributed by atoms with van der Waals surface area (Å²) >= 11 is 0. The van der Waals surface area contributed by atoms with Crippen LogP contribution in [0, 0.1) is 0 Å². The van der Waals surface area contributed by atoms with E-state index in [-0.39, 0.29) is 0 Å². The molecule has 106 valence electrons. The van der Waals surface area contributed by atoms with E-state index in [1.807, 2.05) is 24.3 Å². The lowest BCUT2D eigenvalue weighted by atomic mass is 10.0. The highest BCUT2D eigenvalue weighted by Gasteiger charge is 2.38. The Hall–Kier alpha value is -1.92. The van der Waals surface area contributed by atoms with Crippen LogP contribution in [0.4, 0.5) is 0 Å². The van der Waals surface area contributed by atoms with Crippen LogP contribution in [0.25, 0.3) is 0 Å². The number of aliphatic hydroxyl groups is 1. The average molecular weight is 275 g/mol. The van der Waals surface area contributed by atoms with Gasteiger partial charge in [0.25, 0.3) is 5.89 Å². The van der Waals surface area contributed by atoms with Crippen LogP contribution in [0.1, 0.15) is 23.7 Å². The van der Waals surface area contributed by atoms with E-state index in [4.69, 9.17) is 9.26 Å². The number of β-amino-alcohol motifs (C(OH)–C–C–N with tert-alkyl or cyclic N) is 1. The zero-order valence-corrected chi connectivity index (χ0v) is 11.3. The molecule has 2 N–H and O–H groups in total. The van der Waals surface area contributed by atoms with Crippen LogP contribution >= 0.6 is 0 Å². The quantitative estimate of drug-likeness (QED) is 0.861. The van der Waals surface area contributed by atoms with Crippen molar-refractivity contribution in [3.63, 3.8) is 0 Å². The maximum Gasteiger partial charge on any atom is 0.259 e. The molecule has 1 atom stereocenters. The first-order valence-corrected chi connectivity index (χ1v) is 6.59. The van der Waals surface area contributed by atoms with Crippen molar-refractivity contribution in [2.45, 2.75) is 18.4 Å². The number of rotatable bonds is 4. The third-order valence-electron chi connectivity index (χ3n) is 3.50. The van der Waals surface area contributed by atoms with E-state index in [1.54, 1.807) is 7.11 Å². The van der Waals surface area contributed by atoms with Gasteiger partial charge in [-0.2, -0.15) is 4.98 Å². The third-order valence-corrected chi connectivity index (χ3v) is 3.50. The Morgan fingerprint density at radius 2 is 2.40 bits per heavy atom. The van der Waals surface area contributed by atoms with Crippen molar-refractivity contribution in [3.8, 4) is 5.75 Å². The summed E-state index contributed by atoms with van der Waals surface area (Å²) < 4.78 is 10.4. The SMILES string of the molecule is COc1cccc(Cc2noc(C3(O)CCNC3)n2)c1. The molecule has 1 fully saturated rings. The largest absolute Gasteiger partial charge is 0.497 e. The van der Waals surface area contributed by atoms with E-state index in [9.17, 15) is 5.11 Å². The van der Waals surface area contributed by atoms with Gasteiger partial charge in [0.2, 0.25) is 0 Å². The van der Waals surface area contributed by atoms with Crippen molar-refractivity contribution in [2.24, 2.45) is 0 Å². The number of benzene rings is 1. The van der Waals surface area contributed by atoms with Gasteiger partial charge < -0.3 is 19.7 Å². The molecule has 3 rings (SSSR count). The Balaban J connectivity index is 1.76. The molecule has 0 bridgehead atoms. The van der Waals surface area contributed by atoms with E-state index < -0.39 is 5.60 Å². The lowest BCUT2D eigenvalue weighted by Crippen LogP contribution is -2.28. The number of nitrogens with one attached hydrogen (secondary N) is 1. The fourth-order valence-electron chi connectivity index (χ4n) is 2.34. The van der Waals surface area contributed by atoms with E-state index in [1.165, 1.54) is 0 Å². The zero-order valence-electron chi connectivity index (χ0n) is 11.3. The summed E-state index contributed by atoms with van der Waals surface area (Å²) in [5.41, 5.74) is 0.00726. The highest BCUT2D eigenvalue weighted by Crippen LogP contribution is 2.26. The summed E-state index contributed by atoms with van der Waals surface area (Å²) in [4.78, 5) is 4.31. The summed E-state index contributed by atoms with van der Waals surface area (Å²) in [6.07, 6.45) is 1.14. The molecule has 1 unspecified atom stereocenters. The predicted molar refractivity (Wildman–Crippen MR) is 71.5 cm³/mol. The fourth-order valence-corrected chi connectivity index (χ4v) is 2.34. The minimum atomic E-state index is -1.03. The highest BCUT2D eigenvalue weighted by atomic mass is 16.5. The zero-order chi connectivity index (χ0) is 14.0. The lowest BCUT2D eigenvalue weighted by molar-refractivity contribution is 0.0243. The number of nitrogens with zero attached hydrogens (tertiary/aromatic N) is 2. The molecule has 0 amide bonds. The third kappa shape index (κ3) is 2.52. The van der Waals surface area contributed by atoms with E-state index in [0.717, 1.165) is 17.9 Å². The van der Waals surface area contributed by atoms with Crippen molar-refractivity contribution in [1.29, 1.82) is 0 Å². The first-order chi connectivity index (χ1) is 9.69. The molecule has 1 saturated heterocycles. The molecule has 1 aromatic carbocycles. The normalized spacial score (nSPS) is 22.1. The van der Waals surface area contributed by atoms with Crippen molar-refractivity contribution < 1.29 is 14.4 Å². The summed E-state index contributed by atoms with van der Waals surface area (Å²) in [6.45, 7) is 1.21.